The Morgan fingerprint density at radius 1 is 0.969 bits per heavy atom. The fourth-order valence-corrected chi connectivity index (χ4v) is 9.12. The van der Waals surface area contributed by atoms with Crippen LogP contribution in [0.5, 0.6) is 0 Å². The molecule has 1 amide bonds. The van der Waals surface area contributed by atoms with Crippen LogP contribution in [0, 0.1) is 5.92 Å². The van der Waals surface area contributed by atoms with Crippen molar-refractivity contribution in [3.8, 4) is 0 Å². The Hall–Kier alpha value is -2.07. The first-order valence-electron chi connectivity index (χ1n) is 10.8. The highest BCUT2D eigenvalue weighted by Crippen LogP contribution is 2.48. The molecule has 2 aromatic carbocycles. The van der Waals surface area contributed by atoms with Crippen LogP contribution in [0.3, 0.4) is 0 Å². The van der Waals surface area contributed by atoms with Gasteiger partial charge in [-0.25, -0.2) is 4.79 Å². The lowest BCUT2D eigenvalue weighted by Gasteiger charge is -2.35. The van der Waals surface area contributed by atoms with E-state index in [0.29, 0.717) is 37.6 Å². The molecular formula is C23H26N2O5S2. The maximum atomic E-state index is 13.2. The summed E-state index contributed by atoms with van der Waals surface area (Å²) >= 11 is 0. The summed E-state index contributed by atoms with van der Waals surface area (Å²) in [7, 11) is -2.80. The van der Waals surface area contributed by atoms with E-state index >= 15 is 0 Å². The Labute approximate surface area is 192 Å². The van der Waals surface area contributed by atoms with E-state index < -0.39 is 32.0 Å². The second kappa shape index (κ2) is 9.05. The molecule has 3 heterocycles. The lowest BCUT2D eigenvalue weighted by Crippen LogP contribution is -2.52. The van der Waals surface area contributed by atoms with Crippen LogP contribution in [0.15, 0.2) is 60.7 Å². The first-order valence-corrected chi connectivity index (χ1v) is 13.4. The van der Waals surface area contributed by atoms with E-state index in [1.165, 1.54) is 0 Å². The number of fused-ring (bicyclic) bond motifs is 2. The van der Waals surface area contributed by atoms with Crippen molar-refractivity contribution in [1.82, 2.24) is 9.96 Å². The Kier molecular flexibility index (Phi) is 6.16. The first kappa shape index (κ1) is 21.8. The third-order valence-corrected chi connectivity index (χ3v) is 10.8. The predicted octanol–water partition coefficient (Wildman–Crippen LogP) is 2.63. The highest BCUT2D eigenvalue weighted by molar-refractivity contribution is 8.04. The highest BCUT2D eigenvalue weighted by Gasteiger charge is 2.66. The lowest BCUT2D eigenvalue weighted by atomic mass is 10.1. The van der Waals surface area contributed by atoms with E-state index in [0.717, 1.165) is 11.1 Å². The van der Waals surface area contributed by atoms with Gasteiger partial charge in [0.1, 0.15) is 6.61 Å². The number of carbonyl (C=O) groups excluding carboxylic acids is 1. The van der Waals surface area contributed by atoms with Gasteiger partial charge in [-0.2, -0.15) is 5.06 Å². The molecule has 3 aliphatic rings. The predicted molar refractivity (Wildman–Crippen MR) is 122 cm³/mol. The van der Waals surface area contributed by atoms with Crippen molar-refractivity contribution >= 4 is 27.7 Å². The van der Waals surface area contributed by atoms with Gasteiger partial charge < -0.3 is 9.64 Å². The van der Waals surface area contributed by atoms with Gasteiger partial charge in [0.25, 0.3) is 0 Å². The molecule has 3 saturated heterocycles. The molecule has 4 atom stereocenters. The molecule has 170 valence electrons. The van der Waals surface area contributed by atoms with E-state index in [-0.39, 0.29) is 18.6 Å². The molecule has 7 nitrogen and oxygen atoms in total. The molecule has 0 bridgehead atoms. The Morgan fingerprint density at radius 2 is 1.59 bits per heavy atom. The number of nitrogens with zero attached hydrogens (tertiary/aromatic N) is 2. The number of hydroxylamine groups is 2. The number of hydrogen-bond acceptors (Lipinski definition) is 6. The zero-order valence-corrected chi connectivity index (χ0v) is 19.3. The van der Waals surface area contributed by atoms with Gasteiger partial charge in [0.05, 0.1) is 33.6 Å². The number of likely N-dealkylation sites (tertiary alicyclic amines) is 1. The smallest absolute Gasteiger partial charge is 0.410 e. The average Bonchev–Trinajstić information content (AvgIpc) is 3.38. The molecule has 2 aromatic rings. The molecular weight excluding hydrogens is 448 g/mol. The quantitative estimate of drug-likeness (QED) is 0.678. The summed E-state index contributed by atoms with van der Waals surface area (Å²) in [5.41, 5.74) is 1.96. The maximum absolute atomic E-state index is 13.2. The van der Waals surface area contributed by atoms with Gasteiger partial charge in [0, 0.05) is 31.1 Å². The molecule has 3 fully saturated rings. The summed E-state index contributed by atoms with van der Waals surface area (Å²) in [5.74, 6) is 0.636. The van der Waals surface area contributed by atoms with Crippen LogP contribution in [0.25, 0.3) is 0 Å². The lowest BCUT2D eigenvalue weighted by molar-refractivity contribution is -0.163. The van der Waals surface area contributed by atoms with Gasteiger partial charge in [-0.1, -0.05) is 60.7 Å². The van der Waals surface area contributed by atoms with Crippen LogP contribution < -0.4 is 0 Å². The zero-order chi connectivity index (χ0) is 22.1. The highest BCUT2D eigenvalue weighted by atomic mass is 32.2. The molecule has 0 aliphatic carbocycles. The SMILES string of the molecule is O=C(OCc1ccccc1)N1C[C@@H]2[C@H](C1)N(Cc1ccccc1)OC21[S@](=O)CCC[S@]1=O. The molecule has 9 heteroatoms. The van der Waals surface area contributed by atoms with Gasteiger partial charge in [-0.05, 0) is 17.5 Å². The summed E-state index contributed by atoms with van der Waals surface area (Å²) in [6.07, 6.45) is 0.244. The fourth-order valence-electron chi connectivity index (χ4n) is 4.73. The van der Waals surface area contributed by atoms with E-state index in [1.807, 2.05) is 60.7 Å². The first-order chi connectivity index (χ1) is 15.6. The zero-order valence-electron chi connectivity index (χ0n) is 17.6. The summed E-state index contributed by atoms with van der Waals surface area (Å²) in [6, 6.07) is 19.2. The second-order valence-corrected chi connectivity index (χ2v) is 12.0. The van der Waals surface area contributed by atoms with Gasteiger partial charge in [-0.15, -0.1) is 0 Å². The third-order valence-electron chi connectivity index (χ3n) is 6.30. The van der Waals surface area contributed by atoms with Crippen molar-refractivity contribution in [2.45, 2.75) is 29.9 Å². The van der Waals surface area contributed by atoms with Crippen LogP contribution >= 0.6 is 0 Å². The van der Waals surface area contributed by atoms with E-state index in [9.17, 15) is 13.2 Å². The summed E-state index contributed by atoms with van der Waals surface area (Å²) < 4.78 is 30.7. The van der Waals surface area contributed by atoms with E-state index in [2.05, 4.69) is 0 Å². The normalized spacial score (nSPS) is 29.2. The number of hydrogen-bond donors (Lipinski definition) is 0. The second-order valence-electron chi connectivity index (χ2n) is 8.33. The number of rotatable bonds is 4. The van der Waals surface area contributed by atoms with Crippen LogP contribution in [-0.2, 0) is 44.3 Å². The molecule has 5 rings (SSSR count). The van der Waals surface area contributed by atoms with Crippen LogP contribution in [-0.4, -0.2) is 59.4 Å². The molecule has 0 unspecified atom stereocenters. The van der Waals surface area contributed by atoms with Gasteiger partial charge >= 0.3 is 6.09 Å². The Balaban J connectivity index is 1.37. The minimum Gasteiger partial charge on any atom is -0.445 e. The standard InChI is InChI=1S/C23H26N2O5S2/c26-22(29-17-19-10-5-2-6-11-19)24-15-20-21(16-24)25(14-18-8-3-1-4-9-18)30-23(20)31(27)12-7-13-32(23)28/h1-6,8-11,20-21H,7,12-17H2/t20-,21+,31-,32-/m1/s1. The van der Waals surface area contributed by atoms with Crippen molar-refractivity contribution in [3.05, 3.63) is 71.8 Å². The molecule has 0 saturated carbocycles. The maximum Gasteiger partial charge on any atom is 0.410 e. The topological polar surface area (TPSA) is 76.2 Å². The monoisotopic (exact) mass is 474 g/mol. The molecule has 32 heavy (non-hydrogen) atoms. The minimum absolute atomic E-state index is 0.189. The van der Waals surface area contributed by atoms with Gasteiger partial charge in [0.15, 0.2) is 0 Å². The molecule has 3 aliphatic heterocycles. The van der Waals surface area contributed by atoms with Crippen LogP contribution in [0.1, 0.15) is 17.5 Å². The van der Waals surface area contributed by atoms with Gasteiger partial charge in [-0.3, -0.25) is 13.3 Å². The summed E-state index contributed by atoms with van der Waals surface area (Å²) in [5, 5.41) is 1.80. The summed E-state index contributed by atoms with van der Waals surface area (Å²) in [6.45, 7) is 1.38. The van der Waals surface area contributed by atoms with Crippen molar-refractivity contribution in [1.29, 1.82) is 0 Å². The fraction of sp³-hybridized carbons (Fsp3) is 0.435. The van der Waals surface area contributed by atoms with Crippen molar-refractivity contribution in [2.24, 2.45) is 5.92 Å². The average molecular weight is 475 g/mol. The number of carbonyl (C=O) groups is 1. The van der Waals surface area contributed by atoms with E-state index in [4.69, 9.17) is 9.57 Å². The molecule has 0 N–H and O–H groups in total. The van der Waals surface area contributed by atoms with Crippen molar-refractivity contribution in [3.63, 3.8) is 0 Å². The molecule has 0 aromatic heterocycles. The minimum atomic E-state index is -1.40. The Morgan fingerprint density at radius 3 is 2.25 bits per heavy atom. The van der Waals surface area contributed by atoms with Gasteiger partial charge in [0.2, 0.25) is 4.27 Å². The van der Waals surface area contributed by atoms with Crippen LogP contribution in [0.2, 0.25) is 0 Å². The Bertz CT molecular complexity index is 1000. The molecule has 0 radical (unpaired) electrons. The van der Waals surface area contributed by atoms with E-state index in [1.54, 1.807) is 9.96 Å². The van der Waals surface area contributed by atoms with Crippen LogP contribution in [0.4, 0.5) is 4.79 Å². The molecule has 1 spiro atoms. The number of benzene rings is 2. The number of amides is 1. The van der Waals surface area contributed by atoms with Crippen molar-refractivity contribution in [2.75, 3.05) is 24.6 Å². The van der Waals surface area contributed by atoms with Crippen molar-refractivity contribution < 1.29 is 22.8 Å². The third kappa shape index (κ3) is 3.91. The largest absolute Gasteiger partial charge is 0.445 e. The summed E-state index contributed by atoms with van der Waals surface area (Å²) in [4.78, 5) is 20.8. The number of ether oxygens (including phenoxy) is 1.